The number of aromatic nitrogens is 1. The third-order valence-electron chi connectivity index (χ3n) is 2.37. The summed E-state index contributed by atoms with van der Waals surface area (Å²) in [5.74, 6) is -1.25. The molecule has 0 saturated heterocycles. The summed E-state index contributed by atoms with van der Waals surface area (Å²) in [6, 6.07) is 5.29. The van der Waals surface area contributed by atoms with Gasteiger partial charge in [-0.05, 0) is 24.3 Å². The average molecular weight is 335 g/mol. The van der Waals surface area contributed by atoms with Crippen LogP contribution in [0.4, 0.5) is 5.69 Å². The van der Waals surface area contributed by atoms with Crippen molar-refractivity contribution in [2.75, 3.05) is 4.72 Å². The molecule has 0 aliphatic rings. The summed E-state index contributed by atoms with van der Waals surface area (Å²) in [5.41, 5.74) is -0.0817. The van der Waals surface area contributed by atoms with Crippen LogP contribution in [0.25, 0.3) is 0 Å². The van der Waals surface area contributed by atoms with Gasteiger partial charge in [-0.2, -0.15) is 0 Å². The topological polar surface area (TPSA) is 99.3 Å². The molecule has 0 bridgehead atoms. The number of rotatable bonds is 4. The Morgan fingerprint density at radius 1 is 1.25 bits per heavy atom. The zero-order valence-electron chi connectivity index (χ0n) is 9.72. The lowest BCUT2D eigenvalue weighted by Gasteiger charge is -2.08. The van der Waals surface area contributed by atoms with E-state index in [-0.39, 0.29) is 21.3 Å². The Balaban J connectivity index is 2.33. The van der Waals surface area contributed by atoms with E-state index in [1.165, 1.54) is 18.2 Å². The van der Waals surface area contributed by atoms with Crippen LogP contribution in [-0.4, -0.2) is 24.5 Å². The van der Waals surface area contributed by atoms with Crippen molar-refractivity contribution >= 4 is 44.9 Å². The van der Waals surface area contributed by atoms with Crippen LogP contribution in [0.1, 0.15) is 10.5 Å². The van der Waals surface area contributed by atoms with Crippen LogP contribution in [0.2, 0.25) is 10.0 Å². The van der Waals surface area contributed by atoms with Gasteiger partial charge in [-0.3, -0.25) is 4.72 Å². The maximum Gasteiger partial charge on any atom is 0.352 e. The number of hydrogen-bond donors (Lipinski definition) is 3. The van der Waals surface area contributed by atoms with Gasteiger partial charge in [-0.25, -0.2) is 13.2 Å². The van der Waals surface area contributed by atoms with Crippen LogP contribution in [-0.2, 0) is 10.0 Å². The molecule has 2 aromatic rings. The molecule has 0 aliphatic carbocycles. The predicted octanol–water partition coefficient (Wildman–Crippen LogP) is 2.82. The number of hydrogen-bond acceptors (Lipinski definition) is 3. The molecule has 0 amide bonds. The summed E-state index contributed by atoms with van der Waals surface area (Å²) < 4.78 is 26.4. The molecule has 0 aliphatic heterocycles. The highest BCUT2D eigenvalue weighted by Crippen LogP contribution is 2.27. The number of H-pyrrole nitrogens is 1. The molecule has 0 spiro atoms. The molecule has 2 rings (SSSR count). The number of halogens is 2. The maximum absolute atomic E-state index is 12.1. The predicted molar refractivity (Wildman–Crippen MR) is 75.0 cm³/mol. The van der Waals surface area contributed by atoms with Crippen LogP contribution < -0.4 is 4.72 Å². The van der Waals surface area contributed by atoms with Crippen LogP contribution >= 0.6 is 23.2 Å². The van der Waals surface area contributed by atoms with Crippen molar-refractivity contribution in [3.63, 3.8) is 0 Å². The molecule has 0 atom stereocenters. The summed E-state index contributed by atoms with van der Waals surface area (Å²) in [5, 5.41) is 9.25. The zero-order valence-corrected chi connectivity index (χ0v) is 12.1. The number of aromatic amines is 1. The summed E-state index contributed by atoms with van der Waals surface area (Å²) in [6.45, 7) is 0. The molecular weight excluding hydrogens is 327 g/mol. The Labute approximate surface area is 124 Å². The second-order valence-electron chi connectivity index (χ2n) is 3.78. The van der Waals surface area contributed by atoms with Gasteiger partial charge in [-0.1, -0.05) is 23.2 Å². The van der Waals surface area contributed by atoms with E-state index in [1.54, 1.807) is 0 Å². The van der Waals surface area contributed by atoms with E-state index >= 15 is 0 Å². The van der Waals surface area contributed by atoms with E-state index in [2.05, 4.69) is 9.71 Å². The van der Waals surface area contributed by atoms with Crippen molar-refractivity contribution in [3.8, 4) is 0 Å². The molecule has 20 heavy (non-hydrogen) atoms. The molecule has 1 aromatic carbocycles. The molecule has 0 unspecified atom stereocenters. The van der Waals surface area contributed by atoms with Gasteiger partial charge in [0.05, 0.1) is 10.7 Å². The van der Waals surface area contributed by atoms with Crippen molar-refractivity contribution in [1.82, 2.24) is 4.98 Å². The third kappa shape index (κ3) is 3.06. The van der Waals surface area contributed by atoms with Gasteiger partial charge in [0.15, 0.2) is 0 Å². The normalized spacial score (nSPS) is 11.3. The lowest BCUT2D eigenvalue weighted by atomic mass is 10.3. The van der Waals surface area contributed by atoms with Gasteiger partial charge < -0.3 is 10.1 Å². The zero-order chi connectivity index (χ0) is 14.9. The van der Waals surface area contributed by atoms with Crippen molar-refractivity contribution in [2.24, 2.45) is 0 Å². The molecule has 9 heteroatoms. The standard InChI is InChI=1S/C11H8Cl2N2O4S/c12-6-1-2-9(8(13)3-6)15-20(18,19)7-4-10(11(16)17)14-5-7/h1-5,14-15H,(H,16,17). The first-order valence-corrected chi connectivity index (χ1v) is 7.43. The summed E-state index contributed by atoms with van der Waals surface area (Å²) >= 11 is 11.6. The molecule has 106 valence electrons. The van der Waals surface area contributed by atoms with Gasteiger partial charge >= 0.3 is 5.97 Å². The van der Waals surface area contributed by atoms with Gasteiger partial charge in [0.1, 0.15) is 10.6 Å². The fourth-order valence-corrected chi connectivity index (χ4v) is 3.01. The highest BCUT2D eigenvalue weighted by atomic mass is 35.5. The number of carboxylic acids is 1. The lowest BCUT2D eigenvalue weighted by molar-refractivity contribution is 0.0691. The third-order valence-corrected chi connectivity index (χ3v) is 4.27. The Morgan fingerprint density at radius 3 is 2.50 bits per heavy atom. The first kappa shape index (κ1) is 14.7. The molecule has 0 radical (unpaired) electrons. The average Bonchev–Trinajstić information content (AvgIpc) is 2.83. The van der Waals surface area contributed by atoms with Gasteiger partial charge in [0.2, 0.25) is 0 Å². The highest BCUT2D eigenvalue weighted by Gasteiger charge is 2.19. The SMILES string of the molecule is O=C(O)c1cc(S(=O)(=O)Nc2ccc(Cl)cc2Cl)c[nH]1. The smallest absolute Gasteiger partial charge is 0.352 e. The summed E-state index contributed by atoms with van der Waals surface area (Å²) in [4.78, 5) is 12.8. The number of benzene rings is 1. The van der Waals surface area contributed by atoms with Crippen LogP contribution in [0, 0.1) is 0 Å². The first-order chi connectivity index (χ1) is 9.29. The number of sulfonamides is 1. The maximum atomic E-state index is 12.1. The first-order valence-electron chi connectivity index (χ1n) is 5.19. The van der Waals surface area contributed by atoms with Crippen molar-refractivity contribution in [1.29, 1.82) is 0 Å². The van der Waals surface area contributed by atoms with E-state index in [1.807, 2.05) is 0 Å². The Kier molecular flexibility index (Phi) is 3.94. The minimum absolute atomic E-state index is 0.134. The van der Waals surface area contributed by atoms with E-state index < -0.39 is 16.0 Å². The second kappa shape index (κ2) is 5.35. The summed E-state index contributed by atoms with van der Waals surface area (Å²) in [7, 11) is -3.93. The monoisotopic (exact) mass is 334 g/mol. The minimum atomic E-state index is -3.93. The summed E-state index contributed by atoms with van der Waals surface area (Å²) in [6.07, 6.45) is 1.08. The van der Waals surface area contributed by atoms with Gasteiger partial charge in [0, 0.05) is 11.2 Å². The minimum Gasteiger partial charge on any atom is -0.477 e. The molecular formula is C11H8Cl2N2O4S. The number of carboxylic acid groups (broad SMARTS) is 1. The van der Waals surface area contributed by atoms with Crippen LogP contribution in [0.5, 0.6) is 0 Å². The van der Waals surface area contributed by atoms with Gasteiger partial charge in [-0.15, -0.1) is 0 Å². The van der Waals surface area contributed by atoms with Crippen molar-refractivity contribution < 1.29 is 18.3 Å². The van der Waals surface area contributed by atoms with Crippen molar-refractivity contribution in [3.05, 3.63) is 46.2 Å². The number of carbonyl (C=O) groups is 1. The number of anilines is 1. The van der Waals surface area contributed by atoms with Crippen LogP contribution in [0.3, 0.4) is 0 Å². The van der Waals surface area contributed by atoms with E-state index in [0.717, 1.165) is 12.3 Å². The fourth-order valence-electron chi connectivity index (χ4n) is 1.43. The largest absolute Gasteiger partial charge is 0.477 e. The van der Waals surface area contributed by atoms with E-state index in [9.17, 15) is 13.2 Å². The molecule has 0 saturated carbocycles. The quantitative estimate of drug-likeness (QED) is 0.800. The van der Waals surface area contributed by atoms with E-state index in [0.29, 0.717) is 5.02 Å². The van der Waals surface area contributed by atoms with Gasteiger partial charge in [0.25, 0.3) is 10.0 Å². The highest BCUT2D eigenvalue weighted by molar-refractivity contribution is 7.92. The lowest BCUT2D eigenvalue weighted by Crippen LogP contribution is -2.12. The molecule has 6 nitrogen and oxygen atoms in total. The molecule has 1 heterocycles. The Bertz CT molecular complexity index is 770. The Hall–Kier alpha value is -1.70. The fraction of sp³-hybridized carbons (Fsp3) is 0. The number of aromatic carboxylic acids is 1. The molecule has 3 N–H and O–H groups in total. The molecule has 1 aromatic heterocycles. The van der Waals surface area contributed by atoms with Crippen molar-refractivity contribution in [2.45, 2.75) is 4.90 Å². The van der Waals surface area contributed by atoms with E-state index in [4.69, 9.17) is 28.3 Å². The van der Waals surface area contributed by atoms with Crippen LogP contribution in [0.15, 0.2) is 35.4 Å². The second-order valence-corrected chi connectivity index (χ2v) is 6.31. The Morgan fingerprint density at radius 2 is 1.95 bits per heavy atom. The molecule has 0 fully saturated rings. The number of nitrogens with one attached hydrogen (secondary N) is 2.